The lowest BCUT2D eigenvalue weighted by molar-refractivity contribution is -0.137. The summed E-state index contributed by atoms with van der Waals surface area (Å²) in [4.78, 5) is 16.2. The van der Waals surface area contributed by atoms with Gasteiger partial charge in [-0.15, -0.1) is 0 Å². The van der Waals surface area contributed by atoms with Crippen molar-refractivity contribution in [1.29, 1.82) is 0 Å². The van der Waals surface area contributed by atoms with Gasteiger partial charge in [0.05, 0.1) is 12.1 Å². The average molecular weight is 370 g/mol. The minimum atomic E-state index is -4.29. The number of benzene rings is 1. The van der Waals surface area contributed by atoms with E-state index in [0.717, 1.165) is 44.0 Å². The van der Waals surface area contributed by atoms with Crippen molar-refractivity contribution in [2.75, 3.05) is 26.7 Å². The molecule has 0 saturated carbocycles. The molecule has 1 aliphatic heterocycles. The van der Waals surface area contributed by atoms with Crippen LogP contribution >= 0.6 is 0 Å². The van der Waals surface area contributed by atoms with Crippen molar-refractivity contribution < 1.29 is 18.0 Å². The molecule has 26 heavy (non-hydrogen) atoms. The molecule has 0 spiro atoms. The van der Waals surface area contributed by atoms with Gasteiger partial charge in [0.2, 0.25) is 5.91 Å². The Balaban J connectivity index is 1.86. The van der Waals surface area contributed by atoms with Crippen molar-refractivity contribution in [3.05, 3.63) is 35.4 Å². The Morgan fingerprint density at radius 3 is 2.73 bits per heavy atom. The molecule has 0 bridgehead atoms. The highest BCUT2D eigenvalue weighted by atomic mass is 19.4. The van der Waals surface area contributed by atoms with Crippen molar-refractivity contribution >= 4 is 5.91 Å². The maximum atomic E-state index is 12.8. The maximum absolute atomic E-state index is 12.8. The summed E-state index contributed by atoms with van der Waals surface area (Å²) in [5.41, 5.74) is 0.148. The second kappa shape index (κ2) is 8.89. The lowest BCUT2D eigenvalue weighted by Crippen LogP contribution is -2.44. The van der Waals surface area contributed by atoms with Crippen molar-refractivity contribution in [2.24, 2.45) is 5.92 Å². The molecule has 6 heteroatoms. The monoisotopic (exact) mass is 370 g/mol. The van der Waals surface area contributed by atoms with Crippen LogP contribution in [0.4, 0.5) is 13.2 Å². The van der Waals surface area contributed by atoms with E-state index >= 15 is 0 Å². The SMILES string of the molecule is CC(C)N(C)C(=O)CN1CCCC(CCc2cccc(C(F)(F)F)c2)C1. The van der Waals surface area contributed by atoms with E-state index in [2.05, 4.69) is 4.90 Å². The molecular formula is C20H29F3N2O. The minimum absolute atomic E-state index is 0.124. The van der Waals surface area contributed by atoms with E-state index < -0.39 is 11.7 Å². The summed E-state index contributed by atoms with van der Waals surface area (Å²) >= 11 is 0. The number of piperidine rings is 1. The van der Waals surface area contributed by atoms with Crippen LogP contribution in [0.1, 0.15) is 44.2 Å². The van der Waals surface area contributed by atoms with Gasteiger partial charge in [-0.2, -0.15) is 13.2 Å². The number of likely N-dealkylation sites (tertiary alicyclic amines) is 1. The van der Waals surface area contributed by atoms with Crippen LogP contribution in [0.5, 0.6) is 0 Å². The van der Waals surface area contributed by atoms with Gasteiger partial charge in [0, 0.05) is 19.6 Å². The molecule has 1 fully saturated rings. The lowest BCUT2D eigenvalue weighted by atomic mass is 9.91. The van der Waals surface area contributed by atoms with Gasteiger partial charge in [-0.3, -0.25) is 9.69 Å². The van der Waals surface area contributed by atoms with E-state index in [-0.39, 0.29) is 11.9 Å². The van der Waals surface area contributed by atoms with Crippen LogP contribution in [0.3, 0.4) is 0 Å². The molecule has 1 aromatic carbocycles. The number of alkyl halides is 3. The average Bonchev–Trinajstić information content (AvgIpc) is 2.59. The number of hydrogen-bond donors (Lipinski definition) is 0. The molecule has 1 amide bonds. The summed E-state index contributed by atoms with van der Waals surface area (Å²) in [6.07, 6.45) is -0.690. The summed E-state index contributed by atoms with van der Waals surface area (Å²) in [6, 6.07) is 5.79. The van der Waals surface area contributed by atoms with Crippen LogP contribution in [0.25, 0.3) is 0 Å². The topological polar surface area (TPSA) is 23.6 Å². The number of likely N-dealkylation sites (N-methyl/N-ethyl adjacent to an activating group) is 1. The van der Waals surface area contributed by atoms with Crippen LogP contribution in [0.15, 0.2) is 24.3 Å². The first-order valence-corrected chi connectivity index (χ1v) is 9.31. The Bertz CT molecular complexity index is 601. The zero-order chi connectivity index (χ0) is 19.3. The van der Waals surface area contributed by atoms with E-state index in [1.807, 2.05) is 20.9 Å². The molecule has 0 radical (unpaired) electrons. The predicted octanol–water partition coefficient (Wildman–Crippen LogP) is 4.22. The van der Waals surface area contributed by atoms with Crippen molar-refractivity contribution in [2.45, 2.75) is 51.7 Å². The maximum Gasteiger partial charge on any atom is 0.416 e. The molecule has 1 unspecified atom stereocenters. The van der Waals surface area contributed by atoms with Gasteiger partial charge in [0.1, 0.15) is 0 Å². The fourth-order valence-electron chi connectivity index (χ4n) is 3.40. The smallest absolute Gasteiger partial charge is 0.342 e. The first kappa shape index (κ1) is 20.7. The Hall–Kier alpha value is -1.56. The van der Waals surface area contributed by atoms with E-state index in [1.165, 1.54) is 12.1 Å². The summed E-state index contributed by atoms with van der Waals surface area (Å²) in [7, 11) is 1.82. The number of aryl methyl sites for hydroxylation is 1. The Labute approximate surface area is 154 Å². The Morgan fingerprint density at radius 2 is 2.08 bits per heavy atom. The summed E-state index contributed by atoms with van der Waals surface area (Å²) in [6.45, 7) is 6.17. The van der Waals surface area contributed by atoms with Gasteiger partial charge in [-0.25, -0.2) is 0 Å². The zero-order valence-corrected chi connectivity index (χ0v) is 15.9. The number of carbonyl (C=O) groups is 1. The first-order chi connectivity index (χ1) is 12.2. The molecular weight excluding hydrogens is 341 g/mol. The highest BCUT2D eigenvalue weighted by Crippen LogP contribution is 2.30. The number of nitrogens with zero attached hydrogens (tertiary/aromatic N) is 2. The van der Waals surface area contributed by atoms with Gasteiger partial charge in [0.15, 0.2) is 0 Å². The Morgan fingerprint density at radius 1 is 1.35 bits per heavy atom. The third-order valence-electron chi connectivity index (χ3n) is 5.23. The third-order valence-corrected chi connectivity index (χ3v) is 5.23. The van der Waals surface area contributed by atoms with Gasteiger partial charge in [0.25, 0.3) is 0 Å². The van der Waals surface area contributed by atoms with E-state index in [0.29, 0.717) is 18.9 Å². The number of amides is 1. The second-order valence-electron chi connectivity index (χ2n) is 7.58. The van der Waals surface area contributed by atoms with Crippen LogP contribution in [0.2, 0.25) is 0 Å². The lowest BCUT2D eigenvalue weighted by Gasteiger charge is -2.34. The third kappa shape index (κ3) is 6.01. The van der Waals surface area contributed by atoms with Gasteiger partial charge in [-0.1, -0.05) is 18.2 Å². The normalized spacial score (nSPS) is 19.0. The van der Waals surface area contributed by atoms with Crippen LogP contribution in [-0.4, -0.2) is 48.4 Å². The number of rotatable bonds is 6. The van der Waals surface area contributed by atoms with Crippen molar-refractivity contribution in [3.63, 3.8) is 0 Å². The summed E-state index contributed by atoms with van der Waals surface area (Å²) in [5, 5.41) is 0. The standard InChI is InChI=1S/C20H29F3N2O/c1-15(2)24(3)19(26)14-25-11-5-7-17(13-25)10-9-16-6-4-8-18(12-16)20(21,22)23/h4,6,8,12,15,17H,5,7,9-11,13-14H2,1-3H3. The molecule has 1 aliphatic rings. The fourth-order valence-corrected chi connectivity index (χ4v) is 3.40. The summed E-state index contributed by atoms with van der Waals surface area (Å²) in [5.74, 6) is 0.550. The quantitative estimate of drug-likeness (QED) is 0.749. The van der Waals surface area contributed by atoms with E-state index in [9.17, 15) is 18.0 Å². The molecule has 146 valence electrons. The highest BCUT2D eigenvalue weighted by molar-refractivity contribution is 5.78. The molecule has 0 aromatic heterocycles. The van der Waals surface area contributed by atoms with Crippen molar-refractivity contribution in [3.8, 4) is 0 Å². The molecule has 1 heterocycles. The molecule has 3 nitrogen and oxygen atoms in total. The van der Waals surface area contributed by atoms with Crippen LogP contribution < -0.4 is 0 Å². The van der Waals surface area contributed by atoms with E-state index in [1.54, 1.807) is 11.0 Å². The zero-order valence-electron chi connectivity index (χ0n) is 15.9. The predicted molar refractivity (Wildman–Crippen MR) is 96.8 cm³/mol. The Kier molecular flexibility index (Phi) is 7.09. The van der Waals surface area contributed by atoms with Crippen molar-refractivity contribution in [1.82, 2.24) is 9.80 Å². The minimum Gasteiger partial charge on any atom is -0.342 e. The number of hydrogen-bond acceptors (Lipinski definition) is 2. The number of halogens is 3. The first-order valence-electron chi connectivity index (χ1n) is 9.31. The molecule has 0 N–H and O–H groups in total. The highest BCUT2D eigenvalue weighted by Gasteiger charge is 2.30. The molecule has 0 aliphatic carbocycles. The van der Waals surface area contributed by atoms with Crippen LogP contribution in [-0.2, 0) is 17.4 Å². The largest absolute Gasteiger partial charge is 0.416 e. The molecule has 2 rings (SSSR count). The number of carbonyl (C=O) groups excluding carboxylic acids is 1. The van der Waals surface area contributed by atoms with Gasteiger partial charge >= 0.3 is 6.18 Å². The van der Waals surface area contributed by atoms with E-state index in [4.69, 9.17) is 0 Å². The molecule has 1 atom stereocenters. The molecule has 1 saturated heterocycles. The fraction of sp³-hybridized carbons (Fsp3) is 0.650. The van der Waals surface area contributed by atoms with Gasteiger partial charge in [-0.05, 0) is 63.6 Å². The second-order valence-corrected chi connectivity index (χ2v) is 7.58. The van der Waals surface area contributed by atoms with Gasteiger partial charge < -0.3 is 4.90 Å². The summed E-state index contributed by atoms with van der Waals surface area (Å²) < 4.78 is 38.4. The molecule has 1 aromatic rings. The van der Waals surface area contributed by atoms with Crippen LogP contribution in [0, 0.1) is 5.92 Å².